The Bertz CT molecular complexity index is 932. The highest BCUT2D eigenvalue weighted by Gasteiger charge is 2.41. The Morgan fingerprint density at radius 2 is 1.41 bits per heavy atom. The lowest BCUT2D eigenvalue weighted by Gasteiger charge is -2.30. The van der Waals surface area contributed by atoms with Gasteiger partial charge < -0.3 is 9.47 Å². The van der Waals surface area contributed by atoms with Gasteiger partial charge in [0.05, 0.1) is 19.8 Å². The second kappa shape index (κ2) is 8.51. The lowest BCUT2D eigenvalue weighted by molar-refractivity contribution is -0.138. The van der Waals surface area contributed by atoms with Gasteiger partial charge in [-0.3, -0.25) is 19.4 Å². The van der Waals surface area contributed by atoms with Crippen molar-refractivity contribution in [2.24, 2.45) is 0 Å². The second-order valence-electron chi connectivity index (χ2n) is 6.20. The normalized spacial score (nSPS) is 14.9. The molecule has 0 bridgehead atoms. The zero-order valence-electron chi connectivity index (χ0n) is 16.6. The summed E-state index contributed by atoms with van der Waals surface area (Å²) in [6.45, 7) is 1.83. The molecule has 152 valence electrons. The van der Waals surface area contributed by atoms with Crippen molar-refractivity contribution in [1.82, 2.24) is 9.80 Å². The SMILES string of the molecule is COC(=O)/C=C(/C(=O)OC)C(=C1C(=O)N(C)C(=O)N(C)C1=O)c1ccc(C)cc1. The Morgan fingerprint density at radius 3 is 1.86 bits per heavy atom. The zero-order chi connectivity index (χ0) is 21.9. The molecule has 9 nitrogen and oxygen atoms in total. The second-order valence-corrected chi connectivity index (χ2v) is 6.20. The van der Waals surface area contributed by atoms with E-state index in [1.807, 2.05) is 6.92 Å². The third-order valence-corrected chi connectivity index (χ3v) is 4.34. The number of aryl methyl sites for hydroxylation is 1. The summed E-state index contributed by atoms with van der Waals surface area (Å²) in [5.74, 6) is -3.66. The van der Waals surface area contributed by atoms with Crippen LogP contribution in [0.1, 0.15) is 11.1 Å². The predicted octanol–water partition coefficient (Wildman–Crippen LogP) is 1.07. The Labute approximate surface area is 167 Å². The van der Waals surface area contributed by atoms with Crippen LogP contribution in [0.2, 0.25) is 0 Å². The van der Waals surface area contributed by atoms with Crippen molar-refractivity contribution in [3.05, 3.63) is 52.6 Å². The van der Waals surface area contributed by atoms with Crippen molar-refractivity contribution in [3.8, 4) is 0 Å². The first-order chi connectivity index (χ1) is 13.6. The van der Waals surface area contributed by atoms with Gasteiger partial charge >= 0.3 is 18.0 Å². The maximum Gasteiger partial charge on any atom is 0.338 e. The molecule has 0 aromatic heterocycles. The molecule has 1 aliphatic rings. The largest absolute Gasteiger partial charge is 0.466 e. The lowest BCUT2D eigenvalue weighted by Crippen LogP contribution is -2.53. The van der Waals surface area contributed by atoms with Crippen LogP contribution in [0.3, 0.4) is 0 Å². The quantitative estimate of drug-likeness (QED) is 0.422. The molecule has 2 rings (SSSR count). The van der Waals surface area contributed by atoms with Crippen molar-refractivity contribution in [2.45, 2.75) is 6.92 Å². The monoisotopic (exact) mass is 400 g/mol. The molecular formula is C20H20N2O7. The van der Waals surface area contributed by atoms with Crippen molar-refractivity contribution in [2.75, 3.05) is 28.3 Å². The van der Waals surface area contributed by atoms with Crippen molar-refractivity contribution in [3.63, 3.8) is 0 Å². The molecule has 4 amide bonds. The van der Waals surface area contributed by atoms with Gasteiger partial charge in [-0.1, -0.05) is 29.8 Å². The number of barbiturate groups is 1. The van der Waals surface area contributed by atoms with Crippen LogP contribution in [0.5, 0.6) is 0 Å². The van der Waals surface area contributed by atoms with Crippen LogP contribution >= 0.6 is 0 Å². The minimum absolute atomic E-state index is 0.136. The number of methoxy groups -OCH3 is 2. The summed E-state index contributed by atoms with van der Waals surface area (Å²) in [6, 6.07) is 5.77. The summed E-state index contributed by atoms with van der Waals surface area (Å²) in [5, 5.41) is 0. The number of urea groups is 1. The van der Waals surface area contributed by atoms with E-state index in [0.717, 1.165) is 35.7 Å². The lowest BCUT2D eigenvalue weighted by atomic mass is 9.90. The average molecular weight is 400 g/mol. The van der Waals surface area contributed by atoms with Gasteiger partial charge in [-0.2, -0.15) is 0 Å². The maximum atomic E-state index is 12.8. The van der Waals surface area contributed by atoms with Gasteiger partial charge in [0, 0.05) is 25.7 Å². The van der Waals surface area contributed by atoms with Gasteiger partial charge in [0.1, 0.15) is 5.57 Å². The van der Waals surface area contributed by atoms with Gasteiger partial charge in [-0.15, -0.1) is 0 Å². The van der Waals surface area contributed by atoms with Gasteiger partial charge in [-0.05, 0) is 12.5 Å². The molecule has 0 atom stereocenters. The smallest absolute Gasteiger partial charge is 0.338 e. The third kappa shape index (κ3) is 4.08. The van der Waals surface area contributed by atoms with E-state index in [1.54, 1.807) is 24.3 Å². The minimum atomic E-state index is -0.957. The van der Waals surface area contributed by atoms with Crippen molar-refractivity contribution < 1.29 is 33.4 Å². The number of hydrogen-bond acceptors (Lipinski definition) is 7. The number of nitrogens with zero attached hydrogens (tertiary/aromatic N) is 2. The molecule has 1 saturated heterocycles. The van der Waals surface area contributed by atoms with Crippen molar-refractivity contribution >= 4 is 35.4 Å². The Kier molecular flexibility index (Phi) is 6.32. The van der Waals surface area contributed by atoms with Crippen LogP contribution in [0, 0.1) is 6.92 Å². The first-order valence-corrected chi connectivity index (χ1v) is 8.43. The number of esters is 2. The predicted molar refractivity (Wildman–Crippen MR) is 101 cm³/mol. The van der Waals surface area contributed by atoms with E-state index in [2.05, 4.69) is 4.74 Å². The van der Waals surface area contributed by atoms with Crippen LogP contribution in [-0.4, -0.2) is 67.9 Å². The first-order valence-electron chi connectivity index (χ1n) is 8.43. The Morgan fingerprint density at radius 1 is 0.897 bits per heavy atom. The molecule has 1 aromatic rings. The highest BCUT2D eigenvalue weighted by atomic mass is 16.5. The van der Waals surface area contributed by atoms with Crippen molar-refractivity contribution in [1.29, 1.82) is 0 Å². The van der Waals surface area contributed by atoms with Crippen LogP contribution in [0.15, 0.2) is 41.5 Å². The standard InChI is InChI=1S/C20H20N2O7/c1-11-6-8-12(9-7-11)15(13(19(26)29-5)10-14(23)28-4)16-17(24)21(2)20(27)22(3)18(16)25/h6-10H,1-5H3/b13-10+. The highest BCUT2D eigenvalue weighted by Crippen LogP contribution is 2.32. The molecule has 1 aliphatic heterocycles. The van der Waals surface area contributed by atoms with E-state index in [9.17, 15) is 24.0 Å². The number of amides is 4. The van der Waals surface area contributed by atoms with Gasteiger partial charge in [0.15, 0.2) is 0 Å². The average Bonchev–Trinajstić information content (AvgIpc) is 2.72. The number of hydrogen-bond donors (Lipinski definition) is 0. The molecule has 1 fully saturated rings. The fourth-order valence-electron chi connectivity index (χ4n) is 2.71. The fraction of sp³-hybridized carbons (Fsp3) is 0.250. The number of carbonyl (C=O) groups excluding carboxylic acids is 5. The minimum Gasteiger partial charge on any atom is -0.466 e. The molecule has 0 saturated carbocycles. The third-order valence-electron chi connectivity index (χ3n) is 4.34. The van der Waals surface area contributed by atoms with E-state index < -0.39 is 35.4 Å². The molecule has 0 aliphatic carbocycles. The van der Waals surface area contributed by atoms with Crippen LogP contribution in [0.4, 0.5) is 4.79 Å². The summed E-state index contributed by atoms with van der Waals surface area (Å²) in [7, 11) is 4.63. The number of likely N-dealkylation sites (N-methyl/N-ethyl adjacent to an activating group) is 2. The topological polar surface area (TPSA) is 110 Å². The number of ether oxygens (including phenoxy) is 2. The highest BCUT2D eigenvalue weighted by molar-refractivity contribution is 6.34. The molecule has 29 heavy (non-hydrogen) atoms. The van der Waals surface area contributed by atoms with E-state index in [1.165, 1.54) is 14.1 Å². The van der Waals surface area contributed by atoms with Crippen LogP contribution in [0.25, 0.3) is 5.57 Å². The molecule has 0 N–H and O–H groups in total. The summed E-state index contributed by atoms with van der Waals surface area (Å²) in [5.41, 5.74) is 0.267. The zero-order valence-corrected chi connectivity index (χ0v) is 16.6. The molecule has 1 aromatic carbocycles. The van der Waals surface area contributed by atoms with E-state index >= 15 is 0 Å². The fourth-order valence-corrected chi connectivity index (χ4v) is 2.71. The molecule has 9 heteroatoms. The summed E-state index contributed by atoms with van der Waals surface area (Å²) >= 11 is 0. The van der Waals surface area contributed by atoms with E-state index in [0.29, 0.717) is 5.56 Å². The number of imide groups is 2. The van der Waals surface area contributed by atoms with Gasteiger partial charge in [0.25, 0.3) is 11.8 Å². The number of carbonyl (C=O) groups is 5. The summed E-state index contributed by atoms with van der Waals surface area (Å²) in [4.78, 5) is 63.6. The maximum absolute atomic E-state index is 12.8. The molecule has 0 spiro atoms. The van der Waals surface area contributed by atoms with Crippen LogP contribution < -0.4 is 0 Å². The van der Waals surface area contributed by atoms with Crippen LogP contribution in [-0.2, 0) is 28.7 Å². The van der Waals surface area contributed by atoms with Gasteiger partial charge in [-0.25, -0.2) is 14.4 Å². The number of rotatable bonds is 4. The first kappa shape index (κ1) is 21.5. The van der Waals surface area contributed by atoms with Gasteiger partial charge in [0.2, 0.25) is 0 Å². The van der Waals surface area contributed by atoms with E-state index in [4.69, 9.17) is 4.74 Å². The molecular weight excluding hydrogens is 380 g/mol. The summed E-state index contributed by atoms with van der Waals surface area (Å²) < 4.78 is 9.34. The summed E-state index contributed by atoms with van der Waals surface area (Å²) in [6.07, 6.45) is 0.838. The molecule has 0 radical (unpaired) electrons. The number of benzene rings is 1. The molecule has 1 heterocycles. The van der Waals surface area contributed by atoms with E-state index in [-0.39, 0.29) is 11.1 Å². The Hall–Kier alpha value is -3.75. The Balaban J connectivity index is 2.93. The molecule has 0 unspecified atom stereocenters.